The minimum absolute atomic E-state index is 0.109. The Bertz CT molecular complexity index is 646. The minimum atomic E-state index is -1.80. The summed E-state index contributed by atoms with van der Waals surface area (Å²) in [5.74, 6) is -4.15. The summed E-state index contributed by atoms with van der Waals surface area (Å²) in [5, 5.41) is 34.1. The number of carboxylic acid groups (broad SMARTS) is 2. The number of hydrogen-bond acceptors (Lipinski definition) is 9. The van der Waals surface area contributed by atoms with E-state index < -0.39 is 54.9 Å². The highest BCUT2D eigenvalue weighted by atomic mass is 16.5. The summed E-state index contributed by atoms with van der Waals surface area (Å²) in [7, 11) is 0. The summed E-state index contributed by atoms with van der Waals surface area (Å²) in [6.07, 6.45) is -0.665. The Kier molecular flexibility index (Phi) is 6.95. The lowest BCUT2D eigenvalue weighted by molar-refractivity contribution is -0.143. The van der Waals surface area contributed by atoms with E-state index in [1.54, 1.807) is 0 Å². The third kappa shape index (κ3) is 5.82. The van der Waals surface area contributed by atoms with E-state index in [4.69, 9.17) is 25.6 Å². The average molecular weight is 359 g/mol. The standard InChI is InChI=1S/C12H17N5O8/c1-4(19)8(11(22)23)15-12(24)14-6(2-7(20)21)10-16-9(17-25-10)5(13)3-18/h5-6,8,18H,2-3,13H2,1H3,(H,20,21)(H,22,23)(H2,14,15,24)/t5-,6-,8-/m0/s1. The van der Waals surface area contributed by atoms with Crippen molar-refractivity contribution in [3.8, 4) is 0 Å². The third-order valence-corrected chi connectivity index (χ3v) is 2.90. The molecule has 13 nitrogen and oxygen atoms in total. The molecule has 0 radical (unpaired) electrons. The number of nitrogens with zero attached hydrogens (tertiary/aromatic N) is 2. The van der Waals surface area contributed by atoms with Crippen LogP contribution < -0.4 is 16.4 Å². The molecule has 138 valence electrons. The quantitative estimate of drug-likeness (QED) is 0.263. The van der Waals surface area contributed by atoms with Crippen molar-refractivity contribution in [1.82, 2.24) is 20.8 Å². The molecule has 0 unspecified atom stereocenters. The summed E-state index contributed by atoms with van der Waals surface area (Å²) < 4.78 is 4.81. The van der Waals surface area contributed by atoms with Gasteiger partial charge in [-0.1, -0.05) is 5.16 Å². The van der Waals surface area contributed by atoms with Gasteiger partial charge < -0.3 is 36.2 Å². The maximum absolute atomic E-state index is 11.8. The van der Waals surface area contributed by atoms with Gasteiger partial charge in [-0.2, -0.15) is 4.98 Å². The monoisotopic (exact) mass is 359 g/mol. The Labute approximate surface area is 140 Å². The van der Waals surface area contributed by atoms with Crippen molar-refractivity contribution in [1.29, 1.82) is 0 Å². The third-order valence-electron chi connectivity index (χ3n) is 2.90. The van der Waals surface area contributed by atoms with E-state index >= 15 is 0 Å². The molecule has 13 heteroatoms. The molecule has 7 N–H and O–H groups in total. The zero-order valence-electron chi connectivity index (χ0n) is 13.0. The molecule has 0 saturated carbocycles. The number of carbonyl (C=O) groups excluding carboxylic acids is 2. The summed E-state index contributed by atoms with van der Waals surface area (Å²) >= 11 is 0. The summed E-state index contributed by atoms with van der Waals surface area (Å²) in [4.78, 5) is 48.6. The number of urea groups is 1. The van der Waals surface area contributed by atoms with Crippen LogP contribution in [0.15, 0.2) is 4.52 Å². The van der Waals surface area contributed by atoms with Gasteiger partial charge in [0.15, 0.2) is 17.6 Å². The van der Waals surface area contributed by atoms with Crippen LogP contribution in [0.4, 0.5) is 4.79 Å². The Balaban J connectivity index is 2.90. The highest BCUT2D eigenvalue weighted by molar-refractivity contribution is 6.03. The molecular formula is C12H17N5O8. The van der Waals surface area contributed by atoms with Crippen molar-refractivity contribution >= 4 is 23.8 Å². The number of carboxylic acids is 2. The molecule has 0 aliphatic rings. The summed E-state index contributed by atoms with van der Waals surface area (Å²) in [6.45, 7) is 0.476. The smallest absolute Gasteiger partial charge is 0.334 e. The van der Waals surface area contributed by atoms with Gasteiger partial charge in [0.2, 0.25) is 5.89 Å². The lowest BCUT2D eigenvalue weighted by Crippen LogP contribution is -2.50. The molecule has 1 heterocycles. The van der Waals surface area contributed by atoms with Crippen LogP contribution in [0.3, 0.4) is 0 Å². The predicted molar refractivity (Wildman–Crippen MR) is 77.1 cm³/mol. The van der Waals surface area contributed by atoms with Gasteiger partial charge in [-0.05, 0) is 6.92 Å². The van der Waals surface area contributed by atoms with Crippen molar-refractivity contribution in [3.05, 3.63) is 11.7 Å². The number of nitrogens with one attached hydrogen (secondary N) is 2. The van der Waals surface area contributed by atoms with E-state index in [1.807, 2.05) is 5.32 Å². The number of aliphatic hydroxyl groups is 1. The predicted octanol–water partition coefficient (Wildman–Crippen LogP) is -2.08. The lowest BCUT2D eigenvalue weighted by Gasteiger charge is -2.16. The molecule has 0 spiro atoms. The van der Waals surface area contributed by atoms with Gasteiger partial charge in [0.1, 0.15) is 6.04 Å². The zero-order chi connectivity index (χ0) is 19.1. The molecule has 0 fully saturated rings. The Morgan fingerprint density at radius 3 is 2.36 bits per heavy atom. The number of amides is 2. The first-order valence-corrected chi connectivity index (χ1v) is 6.87. The molecule has 1 aromatic rings. The topological polar surface area (TPSA) is 218 Å². The van der Waals surface area contributed by atoms with Crippen LogP contribution in [-0.4, -0.2) is 61.9 Å². The highest BCUT2D eigenvalue weighted by Gasteiger charge is 2.29. The fraction of sp³-hybridized carbons (Fsp3) is 0.500. The number of aliphatic hydroxyl groups excluding tert-OH is 1. The SMILES string of the molecule is CC(=O)[C@H](NC(=O)N[C@@H](CC(=O)O)c1nc([C@@H](N)CO)no1)C(=O)O. The second-order valence-corrected chi connectivity index (χ2v) is 4.93. The van der Waals surface area contributed by atoms with Crippen LogP contribution in [-0.2, 0) is 14.4 Å². The Morgan fingerprint density at radius 2 is 1.88 bits per heavy atom. The van der Waals surface area contributed by atoms with Crippen LogP contribution >= 0.6 is 0 Å². The van der Waals surface area contributed by atoms with Crippen LogP contribution in [0.25, 0.3) is 0 Å². The van der Waals surface area contributed by atoms with Gasteiger partial charge in [0, 0.05) is 0 Å². The van der Waals surface area contributed by atoms with Gasteiger partial charge >= 0.3 is 18.0 Å². The Morgan fingerprint density at radius 1 is 1.24 bits per heavy atom. The summed E-state index contributed by atoms with van der Waals surface area (Å²) in [6, 6.07) is -5.21. The largest absolute Gasteiger partial charge is 0.481 e. The van der Waals surface area contributed by atoms with E-state index in [2.05, 4.69) is 15.5 Å². The molecule has 3 atom stereocenters. The number of aromatic nitrogens is 2. The molecule has 0 aliphatic heterocycles. The number of ketones is 1. The van der Waals surface area contributed by atoms with Crippen molar-refractivity contribution < 1.29 is 39.0 Å². The molecular weight excluding hydrogens is 342 g/mol. The van der Waals surface area contributed by atoms with Crippen LogP contribution in [0.5, 0.6) is 0 Å². The van der Waals surface area contributed by atoms with E-state index in [-0.39, 0.29) is 11.7 Å². The number of rotatable bonds is 9. The maximum atomic E-state index is 11.8. The van der Waals surface area contributed by atoms with E-state index in [1.165, 1.54) is 0 Å². The number of Topliss-reactive ketones (excluding diaryl/α,β-unsaturated/α-hetero) is 1. The molecule has 25 heavy (non-hydrogen) atoms. The first-order chi connectivity index (χ1) is 11.6. The molecule has 0 saturated heterocycles. The lowest BCUT2D eigenvalue weighted by atomic mass is 10.2. The highest BCUT2D eigenvalue weighted by Crippen LogP contribution is 2.16. The molecule has 1 aromatic heterocycles. The van der Waals surface area contributed by atoms with Crippen LogP contribution in [0.2, 0.25) is 0 Å². The van der Waals surface area contributed by atoms with Crippen LogP contribution in [0, 0.1) is 0 Å². The first-order valence-electron chi connectivity index (χ1n) is 6.87. The molecule has 2 amide bonds. The average Bonchev–Trinajstić information content (AvgIpc) is 3.00. The second-order valence-electron chi connectivity index (χ2n) is 4.93. The van der Waals surface area contributed by atoms with Crippen molar-refractivity contribution in [2.75, 3.05) is 6.61 Å². The second kappa shape index (κ2) is 8.70. The minimum Gasteiger partial charge on any atom is -0.481 e. The molecule has 0 aliphatic carbocycles. The van der Waals surface area contributed by atoms with Gasteiger partial charge in [0.25, 0.3) is 0 Å². The van der Waals surface area contributed by atoms with Gasteiger partial charge in [-0.25, -0.2) is 9.59 Å². The van der Waals surface area contributed by atoms with E-state index in [0.717, 1.165) is 6.92 Å². The van der Waals surface area contributed by atoms with E-state index in [9.17, 15) is 19.2 Å². The molecule has 0 aromatic carbocycles. The fourth-order valence-corrected chi connectivity index (χ4v) is 1.66. The molecule has 1 rings (SSSR count). The normalized spacial score (nSPS) is 14.2. The first kappa shape index (κ1) is 20.0. The number of aliphatic carboxylic acids is 2. The zero-order valence-corrected chi connectivity index (χ0v) is 13.0. The van der Waals surface area contributed by atoms with Crippen molar-refractivity contribution in [3.63, 3.8) is 0 Å². The van der Waals surface area contributed by atoms with Crippen LogP contribution in [0.1, 0.15) is 37.1 Å². The van der Waals surface area contributed by atoms with Crippen molar-refractivity contribution in [2.45, 2.75) is 31.5 Å². The summed E-state index contributed by atoms with van der Waals surface area (Å²) in [5.41, 5.74) is 5.49. The Hall–Kier alpha value is -3.06. The van der Waals surface area contributed by atoms with Gasteiger partial charge in [0.05, 0.1) is 19.1 Å². The maximum Gasteiger partial charge on any atom is 0.334 e. The number of hydrogen-bond donors (Lipinski definition) is 6. The van der Waals surface area contributed by atoms with Gasteiger partial charge in [-0.3, -0.25) is 9.59 Å². The van der Waals surface area contributed by atoms with Gasteiger partial charge in [-0.15, -0.1) is 0 Å². The van der Waals surface area contributed by atoms with Crippen molar-refractivity contribution in [2.24, 2.45) is 5.73 Å². The molecule has 0 bridgehead atoms. The fourth-order valence-electron chi connectivity index (χ4n) is 1.66. The number of carbonyl (C=O) groups is 4. The van der Waals surface area contributed by atoms with E-state index in [0.29, 0.717) is 0 Å². The number of nitrogens with two attached hydrogens (primary N) is 1.